The predicted octanol–water partition coefficient (Wildman–Crippen LogP) is 2.58. The average Bonchev–Trinajstić information content (AvgIpc) is 3.49. The highest BCUT2D eigenvalue weighted by Gasteiger charge is 2.39. The number of carbonyl (C=O) groups is 4. The molecule has 302 valence electrons. The Morgan fingerprint density at radius 1 is 1.02 bits per heavy atom. The minimum Gasteiger partial charge on any atom is -0.505 e. The molecule has 2 bridgehead atoms. The Bertz CT molecular complexity index is 2380. The van der Waals surface area contributed by atoms with Crippen molar-refractivity contribution in [1.29, 1.82) is 0 Å². The maximum Gasteiger partial charge on any atom is 0.343 e. The van der Waals surface area contributed by atoms with Crippen LogP contribution >= 0.6 is 0 Å². The summed E-state index contributed by atoms with van der Waals surface area (Å²) in [5.41, 5.74) is 0.293. The predicted molar refractivity (Wildman–Crippen MR) is 209 cm³/mol. The molecule has 0 fully saturated rings. The molecule has 3 heterocycles. The number of nitrogens with one attached hydrogen (secondary N) is 1. The molecule has 2 aliphatic rings. The zero-order valence-corrected chi connectivity index (χ0v) is 32.8. The van der Waals surface area contributed by atoms with Crippen LogP contribution < -0.4 is 15.8 Å². The molecule has 0 radical (unpaired) electrons. The second-order valence-corrected chi connectivity index (χ2v) is 14.4. The first-order chi connectivity index (χ1) is 27.1. The van der Waals surface area contributed by atoms with Crippen molar-refractivity contribution in [1.82, 2.24) is 9.38 Å². The number of pyridine rings is 1. The lowest BCUT2D eigenvalue weighted by Crippen LogP contribution is -2.46. The number of aromatic hydroxyl groups is 1. The summed E-state index contributed by atoms with van der Waals surface area (Å²) < 4.78 is 24.2. The van der Waals surface area contributed by atoms with E-state index in [2.05, 4.69) is 17.2 Å². The summed E-state index contributed by atoms with van der Waals surface area (Å²) in [6, 6.07) is 2.95. The number of rotatable bonds is 4. The minimum atomic E-state index is -1.33. The first kappa shape index (κ1) is 42.4. The number of esters is 2. The Hall–Kier alpha value is -5.79. The molecular formula is C42H47N3O12. The minimum absolute atomic E-state index is 0.00758. The van der Waals surface area contributed by atoms with E-state index in [1.54, 1.807) is 39.8 Å². The van der Waals surface area contributed by atoms with E-state index in [9.17, 15) is 39.6 Å². The van der Waals surface area contributed by atoms with E-state index in [1.807, 2.05) is 0 Å². The third-order valence-electron chi connectivity index (χ3n) is 10.6. The molecule has 0 saturated heterocycles. The van der Waals surface area contributed by atoms with Gasteiger partial charge in [-0.1, -0.05) is 51.8 Å². The van der Waals surface area contributed by atoms with Gasteiger partial charge in [-0.25, -0.2) is 9.78 Å². The number of nitrogens with zero attached hydrogens (tertiary/aromatic N) is 2. The molecule has 5 N–H and O–H groups in total. The molecule has 1 amide bonds. The van der Waals surface area contributed by atoms with E-state index >= 15 is 0 Å². The second kappa shape index (κ2) is 17.6. The lowest BCUT2D eigenvalue weighted by Gasteiger charge is -2.38. The molecule has 15 nitrogen and oxygen atoms in total. The summed E-state index contributed by atoms with van der Waals surface area (Å²) in [5, 5.41) is 48.3. The molecule has 0 spiro atoms. The number of phenols is 1. The second-order valence-electron chi connectivity index (χ2n) is 14.4. The van der Waals surface area contributed by atoms with Crippen LogP contribution in [-0.2, 0) is 33.3 Å². The topological polar surface area (TPSA) is 215 Å². The average molecular weight is 786 g/mol. The summed E-state index contributed by atoms with van der Waals surface area (Å²) in [5.74, 6) is -0.944. The normalized spacial score (nSPS) is 29.6. The first-order valence-corrected chi connectivity index (χ1v) is 18.3. The van der Waals surface area contributed by atoms with E-state index in [0.29, 0.717) is 6.29 Å². The first-order valence-electron chi connectivity index (χ1n) is 18.3. The van der Waals surface area contributed by atoms with Gasteiger partial charge in [-0.3, -0.25) is 18.8 Å². The largest absolute Gasteiger partial charge is 0.505 e. The summed E-state index contributed by atoms with van der Waals surface area (Å²) in [4.78, 5) is 56.7. The smallest absolute Gasteiger partial charge is 0.343 e. The quantitative estimate of drug-likeness (QED) is 0.111. The molecule has 2 aromatic heterocycles. The molecular weight excluding hydrogens is 738 g/mol. The lowest BCUT2D eigenvalue weighted by molar-refractivity contribution is -0.160. The number of aliphatic hydroxyl groups is 3. The van der Waals surface area contributed by atoms with Crippen LogP contribution in [0.25, 0.3) is 28.0 Å². The van der Waals surface area contributed by atoms with Gasteiger partial charge in [-0.05, 0) is 31.1 Å². The van der Waals surface area contributed by atoms with Crippen molar-refractivity contribution in [2.75, 3.05) is 19.5 Å². The molecule has 3 aromatic rings. The molecule has 1 aliphatic heterocycles. The summed E-state index contributed by atoms with van der Waals surface area (Å²) in [6.45, 7) is 9.62. The third kappa shape index (κ3) is 8.35. The number of fused-ring (bicyclic) bond motifs is 1. The van der Waals surface area contributed by atoms with Crippen molar-refractivity contribution in [3.63, 3.8) is 0 Å². The Kier molecular flexibility index (Phi) is 13.0. The Balaban J connectivity index is 1.82. The number of imidazole rings is 1. The molecule has 57 heavy (non-hydrogen) atoms. The number of carbonyl (C=O) groups excluding carboxylic acids is 4. The molecule has 15 heteroatoms. The molecule has 9 atom stereocenters. The van der Waals surface area contributed by atoms with Gasteiger partial charge in [0, 0.05) is 67.4 Å². The van der Waals surface area contributed by atoms with Gasteiger partial charge in [0.2, 0.25) is 0 Å². The van der Waals surface area contributed by atoms with Gasteiger partial charge in [0.25, 0.3) is 5.91 Å². The Morgan fingerprint density at radius 3 is 2.39 bits per heavy atom. The van der Waals surface area contributed by atoms with Crippen molar-refractivity contribution >= 4 is 57.8 Å². The van der Waals surface area contributed by atoms with Gasteiger partial charge < -0.3 is 44.7 Å². The van der Waals surface area contributed by atoms with Crippen LogP contribution in [0.3, 0.4) is 0 Å². The van der Waals surface area contributed by atoms with Gasteiger partial charge >= 0.3 is 11.9 Å². The maximum absolute atomic E-state index is 14.2. The zero-order chi connectivity index (χ0) is 41.9. The number of aldehydes is 1. The van der Waals surface area contributed by atoms with Crippen molar-refractivity contribution < 1.29 is 58.6 Å². The number of cyclic esters (lactones) is 1. The van der Waals surface area contributed by atoms with Gasteiger partial charge in [0.05, 0.1) is 35.4 Å². The third-order valence-corrected chi connectivity index (χ3v) is 10.6. The number of amides is 1. The number of anilines is 1. The monoisotopic (exact) mass is 785 g/mol. The standard InChI is InChI=1S/C42H47N3O12/c1-20-10-9-11-21(2)41(52)44-35-36-34(43-30-18-26(19-46)14-16-45(30)36)33-31(39(35)51)27(48)12-13-29(55-8)32(33)42(53)56-17-15-28(54-7)22(3)40(57-25(6)47)24(5)38(50)23(4)37(20)49/h9-11,14-20,22-24,28-29,37-38,40,48-51H,1-8H3,(H,44,52)/b10-9+,17-15+,21-11-/t20-,22+,23+,24+,28-,29?,37-,38+,40+/m0/s1. The van der Waals surface area contributed by atoms with Crippen molar-refractivity contribution in [3.8, 4) is 17.6 Å². The molecule has 5 rings (SSSR count). The zero-order valence-electron chi connectivity index (χ0n) is 32.8. The van der Waals surface area contributed by atoms with E-state index in [0.717, 1.165) is 6.26 Å². The molecule has 1 unspecified atom stereocenters. The van der Waals surface area contributed by atoms with Gasteiger partial charge in [-0.15, -0.1) is 0 Å². The summed E-state index contributed by atoms with van der Waals surface area (Å²) >= 11 is 0. The van der Waals surface area contributed by atoms with Gasteiger partial charge in [-0.2, -0.15) is 0 Å². The van der Waals surface area contributed by atoms with Crippen LogP contribution in [0.2, 0.25) is 0 Å². The summed E-state index contributed by atoms with van der Waals surface area (Å²) in [6.07, 6.45) is 4.04. The van der Waals surface area contributed by atoms with E-state index in [-0.39, 0.29) is 49.5 Å². The Morgan fingerprint density at radius 2 is 1.74 bits per heavy atom. The van der Waals surface area contributed by atoms with Crippen LogP contribution in [-0.4, -0.2) is 98.7 Å². The highest BCUT2D eigenvalue weighted by atomic mass is 16.6. The number of allylic oxidation sites excluding steroid dienone is 2. The van der Waals surface area contributed by atoms with E-state index < -0.39 is 83.5 Å². The number of hydrogen-bond acceptors (Lipinski definition) is 13. The number of ether oxygens (including phenoxy) is 4. The van der Waals surface area contributed by atoms with Crippen LogP contribution in [0.15, 0.2) is 54.5 Å². The van der Waals surface area contributed by atoms with E-state index in [1.165, 1.54) is 62.9 Å². The van der Waals surface area contributed by atoms with Crippen LogP contribution in [0.5, 0.6) is 5.75 Å². The van der Waals surface area contributed by atoms with Crippen molar-refractivity contribution in [2.24, 2.45) is 23.7 Å². The van der Waals surface area contributed by atoms with Crippen molar-refractivity contribution in [2.45, 2.75) is 72.1 Å². The van der Waals surface area contributed by atoms with Crippen molar-refractivity contribution in [3.05, 3.63) is 70.5 Å². The van der Waals surface area contributed by atoms with Crippen LogP contribution in [0.4, 0.5) is 5.69 Å². The fourth-order valence-electron chi connectivity index (χ4n) is 7.33. The number of benzene rings is 1. The highest BCUT2D eigenvalue weighted by Crippen LogP contribution is 2.33. The fraction of sp³-hybridized carbons (Fsp3) is 0.405. The number of aromatic nitrogens is 2. The van der Waals surface area contributed by atoms with Crippen LogP contribution in [0, 0.1) is 35.5 Å². The van der Waals surface area contributed by atoms with Gasteiger partial charge in [0.15, 0.2) is 17.6 Å². The number of methoxy groups -OCH3 is 2. The summed E-state index contributed by atoms with van der Waals surface area (Å²) in [7, 11) is 2.69. The number of aliphatic hydroxyl groups excluding tert-OH is 3. The maximum atomic E-state index is 14.2. The lowest BCUT2D eigenvalue weighted by atomic mass is 9.78. The molecule has 1 aromatic carbocycles. The molecule has 1 aliphatic carbocycles. The highest BCUT2D eigenvalue weighted by molar-refractivity contribution is 6.16. The molecule has 0 saturated carbocycles. The number of phenolic OH excluding ortho intramolecular Hbond substituents is 1. The Labute approximate surface area is 328 Å². The van der Waals surface area contributed by atoms with Gasteiger partial charge in [0.1, 0.15) is 34.8 Å². The van der Waals surface area contributed by atoms with E-state index in [4.69, 9.17) is 23.9 Å². The van der Waals surface area contributed by atoms with Crippen LogP contribution in [0.1, 0.15) is 51.9 Å². The SMILES string of the molecule is COC1C#CC(O)=c2c(O)c3c4c(nc5cc(C=O)ccn54)c2=C1C(=O)O/C=C/[C@H](OC)[C@@H](C)[C@@H](OC(C)=O)[C@H](C)[C@H](O)[C@H](C)[C@@H](O)[C@@H](C)/C=C/C=C(/C)C(=O)N3. The fourth-order valence-corrected chi connectivity index (χ4v) is 7.33. The number of hydrogen-bond donors (Lipinski definition) is 5.